The van der Waals surface area contributed by atoms with Crippen molar-refractivity contribution in [3.05, 3.63) is 101 Å². The number of carbonyl (C=O) groups is 2. The van der Waals surface area contributed by atoms with Crippen LogP contribution in [0.15, 0.2) is 79.3 Å². The van der Waals surface area contributed by atoms with E-state index in [1.165, 1.54) is 0 Å². The monoisotopic (exact) mass is 459 g/mol. The molecule has 0 saturated carbocycles. The van der Waals surface area contributed by atoms with Crippen molar-refractivity contribution in [3.63, 3.8) is 0 Å². The summed E-state index contributed by atoms with van der Waals surface area (Å²) in [5.74, 6) is -0.558. The van der Waals surface area contributed by atoms with Crippen molar-refractivity contribution in [1.82, 2.24) is 14.8 Å². The summed E-state index contributed by atoms with van der Waals surface area (Å²) >= 11 is 6.14. The second-order valence-electron chi connectivity index (χ2n) is 7.71. The molecular weight excluding hydrogens is 438 g/mol. The average Bonchev–Trinajstić information content (AvgIpc) is 3.26. The van der Waals surface area contributed by atoms with Crippen LogP contribution in [-0.2, 0) is 0 Å². The molecule has 4 rings (SSSR count). The minimum atomic E-state index is -0.307. The standard InChI is InChI=1S/C25H22ClN5O2/c1-16(2)23-22(15-28-31(23)21-8-4-6-18(26)14-21)25(33)30-20-7-3-5-17(13-20)24(32)29-19-9-11-27-12-10-19/h3-16H,1-2H3,(H,30,33)(H,27,29,32). The van der Waals surface area contributed by atoms with E-state index in [-0.39, 0.29) is 17.7 Å². The van der Waals surface area contributed by atoms with Crippen LogP contribution in [0.1, 0.15) is 46.2 Å². The topological polar surface area (TPSA) is 88.9 Å². The number of anilines is 2. The molecule has 2 aromatic heterocycles. The number of pyridine rings is 1. The van der Waals surface area contributed by atoms with Gasteiger partial charge in [0, 0.05) is 34.4 Å². The van der Waals surface area contributed by atoms with E-state index in [0.29, 0.717) is 27.5 Å². The maximum atomic E-state index is 13.1. The maximum absolute atomic E-state index is 13.1. The second kappa shape index (κ2) is 9.67. The molecule has 0 aliphatic heterocycles. The number of nitrogens with one attached hydrogen (secondary N) is 2. The Bertz CT molecular complexity index is 1300. The number of hydrogen-bond acceptors (Lipinski definition) is 4. The van der Waals surface area contributed by atoms with Crippen LogP contribution in [0.2, 0.25) is 5.02 Å². The summed E-state index contributed by atoms with van der Waals surface area (Å²) < 4.78 is 1.73. The van der Waals surface area contributed by atoms with Gasteiger partial charge < -0.3 is 10.6 Å². The van der Waals surface area contributed by atoms with Gasteiger partial charge in [-0.2, -0.15) is 5.10 Å². The van der Waals surface area contributed by atoms with Crippen LogP contribution in [0.4, 0.5) is 11.4 Å². The Balaban J connectivity index is 1.56. The molecule has 0 unspecified atom stereocenters. The Morgan fingerprint density at radius 1 is 0.909 bits per heavy atom. The van der Waals surface area contributed by atoms with Gasteiger partial charge in [-0.25, -0.2) is 4.68 Å². The van der Waals surface area contributed by atoms with Gasteiger partial charge in [0.05, 0.1) is 23.1 Å². The van der Waals surface area contributed by atoms with Crippen LogP contribution in [0, 0.1) is 0 Å². The molecule has 33 heavy (non-hydrogen) atoms. The Labute approximate surface area is 196 Å². The number of amides is 2. The fourth-order valence-electron chi connectivity index (χ4n) is 3.48. The van der Waals surface area contributed by atoms with Crippen LogP contribution >= 0.6 is 11.6 Å². The number of aromatic nitrogens is 3. The predicted octanol–water partition coefficient (Wildman–Crippen LogP) is 5.55. The fraction of sp³-hybridized carbons (Fsp3) is 0.120. The summed E-state index contributed by atoms with van der Waals surface area (Å²) in [6.07, 6.45) is 4.75. The summed E-state index contributed by atoms with van der Waals surface area (Å²) in [5, 5.41) is 10.7. The van der Waals surface area contributed by atoms with E-state index in [4.69, 9.17) is 11.6 Å². The lowest BCUT2D eigenvalue weighted by Crippen LogP contribution is -2.16. The van der Waals surface area contributed by atoms with Crippen LogP contribution in [-0.4, -0.2) is 26.6 Å². The predicted molar refractivity (Wildman–Crippen MR) is 129 cm³/mol. The van der Waals surface area contributed by atoms with E-state index in [1.54, 1.807) is 71.8 Å². The molecule has 2 heterocycles. The van der Waals surface area contributed by atoms with Crippen molar-refractivity contribution in [3.8, 4) is 5.69 Å². The number of carbonyl (C=O) groups excluding carboxylic acids is 2. The smallest absolute Gasteiger partial charge is 0.259 e. The maximum Gasteiger partial charge on any atom is 0.259 e. The fourth-order valence-corrected chi connectivity index (χ4v) is 3.66. The van der Waals surface area contributed by atoms with Gasteiger partial charge in [-0.3, -0.25) is 14.6 Å². The average molecular weight is 460 g/mol. The van der Waals surface area contributed by atoms with Gasteiger partial charge in [0.15, 0.2) is 0 Å². The van der Waals surface area contributed by atoms with E-state index in [9.17, 15) is 9.59 Å². The summed E-state index contributed by atoms with van der Waals surface area (Å²) in [7, 11) is 0. The first-order valence-electron chi connectivity index (χ1n) is 10.4. The first-order chi connectivity index (χ1) is 15.9. The normalized spacial score (nSPS) is 10.8. The summed E-state index contributed by atoms with van der Waals surface area (Å²) in [5.41, 5.74) is 3.56. The summed E-state index contributed by atoms with van der Waals surface area (Å²) in [6, 6.07) is 17.5. The molecule has 0 spiro atoms. The third-order valence-electron chi connectivity index (χ3n) is 4.97. The number of rotatable bonds is 6. The minimum absolute atomic E-state index is 0.0321. The quantitative estimate of drug-likeness (QED) is 0.395. The molecule has 0 aliphatic rings. The van der Waals surface area contributed by atoms with Crippen molar-refractivity contribution >= 4 is 34.8 Å². The van der Waals surface area contributed by atoms with E-state index >= 15 is 0 Å². The van der Waals surface area contributed by atoms with E-state index in [2.05, 4.69) is 20.7 Å². The zero-order chi connectivity index (χ0) is 23.4. The van der Waals surface area contributed by atoms with E-state index in [0.717, 1.165) is 11.4 Å². The molecule has 8 heteroatoms. The molecule has 166 valence electrons. The molecule has 0 aliphatic carbocycles. The van der Waals surface area contributed by atoms with Gasteiger partial charge >= 0.3 is 0 Å². The van der Waals surface area contributed by atoms with Crippen molar-refractivity contribution in [2.45, 2.75) is 19.8 Å². The van der Waals surface area contributed by atoms with Gasteiger partial charge in [0.1, 0.15) is 0 Å². The van der Waals surface area contributed by atoms with Gasteiger partial charge in [0.2, 0.25) is 0 Å². The van der Waals surface area contributed by atoms with Crippen LogP contribution in [0.3, 0.4) is 0 Å². The minimum Gasteiger partial charge on any atom is -0.322 e. The van der Waals surface area contributed by atoms with Gasteiger partial charge in [0.25, 0.3) is 11.8 Å². The molecule has 0 bridgehead atoms. The van der Waals surface area contributed by atoms with Crippen molar-refractivity contribution in [1.29, 1.82) is 0 Å². The highest BCUT2D eigenvalue weighted by molar-refractivity contribution is 6.30. The van der Waals surface area contributed by atoms with Crippen molar-refractivity contribution in [2.75, 3.05) is 10.6 Å². The highest BCUT2D eigenvalue weighted by Gasteiger charge is 2.21. The van der Waals surface area contributed by atoms with Crippen molar-refractivity contribution < 1.29 is 9.59 Å². The van der Waals surface area contributed by atoms with Crippen LogP contribution in [0.5, 0.6) is 0 Å². The first kappa shape index (κ1) is 22.2. The van der Waals surface area contributed by atoms with Crippen LogP contribution < -0.4 is 10.6 Å². The summed E-state index contributed by atoms with van der Waals surface area (Å²) in [4.78, 5) is 29.6. The second-order valence-corrected chi connectivity index (χ2v) is 8.15. The lowest BCUT2D eigenvalue weighted by Gasteiger charge is -2.13. The molecule has 0 saturated heterocycles. The third kappa shape index (κ3) is 5.10. The first-order valence-corrected chi connectivity index (χ1v) is 10.8. The summed E-state index contributed by atoms with van der Waals surface area (Å²) in [6.45, 7) is 4.00. The van der Waals surface area contributed by atoms with E-state index in [1.807, 2.05) is 26.0 Å². The molecule has 0 fully saturated rings. The SMILES string of the molecule is CC(C)c1c(C(=O)Nc2cccc(C(=O)Nc3ccncc3)c2)cnn1-c1cccc(Cl)c1. The zero-order valence-electron chi connectivity index (χ0n) is 18.1. The highest BCUT2D eigenvalue weighted by atomic mass is 35.5. The number of nitrogens with zero attached hydrogens (tertiary/aromatic N) is 3. The molecule has 2 aromatic carbocycles. The highest BCUT2D eigenvalue weighted by Crippen LogP contribution is 2.25. The Hall–Kier alpha value is -3.97. The largest absolute Gasteiger partial charge is 0.322 e. The molecule has 7 nitrogen and oxygen atoms in total. The zero-order valence-corrected chi connectivity index (χ0v) is 18.9. The lowest BCUT2D eigenvalue weighted by molar-refractivity contribution is 0.101. The number of halogens is 1. The molecule has 4 aromatic rings. The van der Waals surface area contributed by atoms with Crippen molar-refractivity contribution in [2.24, 2.45) is 0 Å². The molecule has 0 radical (unpaired) electrons. The number of hydrogen-bond donors (Lipinski definition) is 2. The Morgan fingerprint density at radius 3 is 2.36 bits per heavy atom. The van der Waals surface area contributed by atoms with Gasteiger partial charge in [-0.1, -0.05) is 37.6 Å². The Kier molecular flexibility index (Phi) is 6.51. The van der Waals surface area contributed by atoms with E-state index < -0.39 is 0 Å². The molecule has 0 atom stereocenters. The molecular formula is C25H22ClN5O2. The molecule has 2 N–H and O–H groups in total. The van der Waals surface area contributed by atoms with Gasteiger partial charge in [-0.15, -0.1) is 0 Å². The van der Waals surface area contributed by atoms with Crippen LogP contribution in [0.25, 0.3) is 5.69 Å². The van der Waals surface area contributed by atoms with Gasteiger partial charge in [-0.05, 0) is 54.4 Å². The Morgan fingerprint density at radius 2 is 1.64 bits per heavy atom. The molecule has 2 amide bonds. The number of benzene rings is 2. The third-order valence-corrected chi connectivity index (χ3v) is 5.21. The lowest BCUT2D eigenvalue weighted by atomic mass is 10.0.